The number of hydrogen-bond acceptors (Lipinski definition) is 2. The van der Waals surface area contributed by atoms with Gasteiger partial charge in [-0.2, -0.15) is 0 Å². The number of benzene rings is 1. The number of urea groups is 1. The van der Waals surface area contributed by atoms with Crippen LogP contribution in [0.3, 0.4) is 0 Å². The van der Waals surface area contributed by atoms with E-state index < -0.39 is 0 Å². The van der Waals surface area contributed by atoms with E-state index in [1.807, 2.05) is 4.90 Å². The Morgan fingerprint density at radius 1 is 1.33 bits per heavy atom. The highest BCUT2D eigenvalue weighted by atomic mass is 16.2. The van der Waals surface area contributed by atoms with Gasteiger partial charge >= 0.3 is 6.03 Å². The van der Waals surface area contributed by atoms with Crippen LogP contribution < -0.4 is 16.0 Å². The molecule has 0 aliphatic carbocycles. The molecule has 1 aliphatic rings. The van der Waals surface area contributed by atoms with E-state index in [1.54, 1.807) is 0 Å². The Hall–Kier alpha value is -1.55. The van der Waals surface area contributed by atoms with Gasteiger partial charge in [-0.05, 0) is 44.9 Å². The van der Waals surface area contributed by atoms with Crippen molar-refractivity contribution < 1.29 is 4.79 Å². The third-order valence-electron chi connectivity index (χ3n) is 3.40. The molecule has 1 aromatic carbocycles. The summed E-state index contributed by atoms with van der Waals surface area (Å²) in [6, 6.07) is 4.39. The summed E-state index contributed by atoms with van der Waals surface area (Å²) in [4.78, 5) is 13.9. The molecule has 1 saturated heterocycles. The lowest BCUT2D eigenvalue weighted by Crippen LogP contribution is -2.30. The molecule has 0 bridgehead atoms. The molecule has 4 nitrogen and oxygen atoms in total. The number of carbonyl (C=O) groups excluding carboxylic acids is 1. The van der Waals surface area contributed by atoms with E-state index in [2.05, 4.69) is 38.2 Å². The molecule has 1 aromatic rings. The third kappa shape index (κ3) is 2.34. The number of anilines is 1. The van der Waals surface area contributed by atoms with Crippen LogP contribution in [0.15, 0.2) is 12.1 Å². The van der Waals surface area contributed by atoms with E-state index >= 15 is 0 Å². The summed E-state index contributed by atoms with van der Waals surface area (Å²) in [7, 11) is 0. The van der Waals surface area contributed by atoms with Crippen LogP contribution in [-0.2, 0) is 0 Å². The van der Waals surface area contributed by atoms with Crippen LogP contribution in [-0.4, -0.2) is 25.2 Å². The maximum Gasteiger partial charge on any atom is 0.322 e. The number of aryl methyl sites for hydroxylation is 3. The first kappa shape index (κ1) is 12.9. The molecule has 0 radical (unpaired) electrons. The molecule has 1 heterocycles. The molecular formula is C14H21N3O. The van der Waals surface area contributed by atoms with E-state index in [9.17, 15) is 4.79 Å². The summed E-state index contributed by atoms with van der Waals surface area (Å²) in [5, 5.41) is 2.98. The van der Waals surface area contributed by atoms with Crippen LogP contribution in [0.5, 0.6) is 0 Å². The van der Waals surface area contributed by atoms with Crippen molar-refractivity contribution in [2.24, 2.45) is 5.73 Å². The fourth-order valence-electron chi connectivity index (χ4n) is 2.76. The summed E-state index contributed by atoms with van der Waals surface area (Å²) < 4.78 is 0. The average molecular weight is 247 g/mol. The Labute approximate surface area is 108 Å². The molecule has 1 atom stereocenters. The van der Waals surface area contributed by atoms with E-state index in [-0.39, 0.29) is 12.1 Å². The predicted octanol–water partition coefficient (Wildman–Crippen LogP) is 1.86. The molecule has 2 amide bonds. The predicted molar refractivity (Wildman–Crippen MR) is 74.0 cm³/mol. The minimum Gasteiger partial charge on any atom is -0.333 e. The largest absolute Gasteiger partial charge is 0.333 e. The standard InChI is InChI=1S/C14H21N3O/c1-9-6-10(2)13(11(3)7-9)17-8-12(4-5-15)16-14(17)18/h6-7,12H,4-5,8,15H2,1-3H3,(H,16,18). The van der Waals surface area contributed by atoms with Crippen molar-refractivity contribution in [2.45, 2.75) is 33.2 Å². The highest BCUT2D eigenvalue weighted by molar-refractivity contribution is 5.96. The van der Waals surface area contributed by atoms with Crippen molar-refractivity contribution in [3.8, 4) is 0 Å². The minimum absolute atomic E-state index is 0.0106. The second-order valence-electron chi connectivity index (χ2n) is 5.08. The Kier molecular flexibility index (Phi) is 3.57. The van der Waals surface area contributed by atoms with Gasteiger partial charge < -0.3 is 11.1 Å². The van der Waals surface area contributed by atoms with Gasteiger partial charge in [-0.15, -0.1) is 0 Å². The quantitative estimate of drug-likeness (QED) is 0.856. The summed E-state index contributed by atoms with van der Waals surface area (Å²) in [5.74, 6) is 0. The number of nitrogens with zero attached hydrogens (tertiary/aromatic N) is 1. The topological polar surface area (TPSA) is 58.4 Å². The zero-order valence-electron chi connectivity index (χ0n) is 11.3. The van der Waals surface area contributed by atoms with Crippen molar-refractivity contribution in [1.29, 1.82) is 0 Å². The number of hydrogen-bond donors (Lipinski definition) is 2. The monoisotopic (exact) mass is 247 g/mol. The Balaban J connectivity index is 2.30. The lowest BCUT2D eigenvalue weighted by atomic mass is 10.0. The van der Waals surface area contributed by atoms with E-state index in [4.69, 9.17) is 5.73 Å². The van der Waals surface area contributed by atoms with Crippen molar-refractivity contribution in [1.82, 2.24) is 5.32 Å². The van der Waals surface area contributed by atoms with E-state index in [0.29, 0.717) is 13.1 Å². The van der Waals surface area contributed by atoms with E-state index in [1.165, 1.54) is 5.56 Å². The average Bonchev–Trinajstić information content (AvgIpc) is 2.59. The Morgan fingerprint density at radius 2 is 1.94 bits per heavy atom. The van der Waals surface area contributed by atoms with Gasteiger partial charge in [0.25, 0.3) is 0 Å². The number of rotatable bonds is 3. The van der Waals surface area contributed by atoms with Gasteiger partial charge in [-0.3, -0.25) is 4.90 Å². The molecule has 2 rings (SSSR count). The molecular weight excluding hydrogens is 226 g/mol. The van der Waals surface area contributed by atoms with Crippen LogP contribution in [0.2, 0.25) is 0 Å². The summed E-state index contributed by atoms with van der Waals surface area (Å²) in [6.07, 6.45) is 0.826. The molecule has 3 N–H and O–H groups in total. The van der Waals surface area contributed by atoms with Crippen molar-refractivity contribution in [2.75, 3.05) is 18.0 Å². The van der Waals surface area contributed by atoms with Gasteiger partial charge in [0.05, 0.1) is 5.69 Å². The maximum atomic E-state index is 12.0. The fraction of sp³-hybridized carbons (Fsp3) is 0.500. The molecule has 18 heavy (non-hydrogen) atoms. The summed E-state index contributed by atoms with van der Waals surface area (Å²) in [5.41, 5.74) is 10.1. The van der Waals surface area contributed by atoms with E-state index in [0.717, 1.165) is 23.2 Å². The van der Waals surface area contributed by atoms with Gasteiger partial charge in [0.15, 0.2) is 0 Å². The lowest BCUT2D eigenvalue weighted by Gasteiger charge is -2.20. The molecule has 1 unspecified atom stereocenters. The molecule has 0 saturated carbocycles. The van der Waals surface area contributed by atoms with Crippen molar-refractivity contribution in [3.63, 3.8) is 0 Å². The number of nitrogens with one attached hydrogen (secondary N) is 1. The Morgan fingerprint density at radius 3 is 2.50 bits per heavy atom. The first-order chi connectivity index (χ1) is 8.52. The molecule has 1 aliphatic heterocycles. The second-order valence-corrected chi connectivity index (χ2v) is 5.08. The minimum atomic E-state index is -0.0106. The number of nitrogens with two attached hydrogens (primary N) is 1. The first-order valence-corrected chi connectivity index (χ1v) is 6.39. The van der Waals surface area contributed by atoms with Crippen LogP contribution in [0.1, 0.15) is 23.1 Å². The van der Waals surface area contributed by atoms with Gasteiger partial charge in [-0.1, -0.05) is 17.7 Å². The van der Waals surface area contributed by atoms with Crippen LogP contribution in [0.4, 0.5) is 10.5 Å². The zero-order valence-corrected chi connectivity index (χ0v) is 11.3. The van der Waals surface area contributed by atoms with Gasteiger partial charge in [0, 0.05) is 12.6 Å². The molecule has 0 spiro atoms. The first-order valence-electron chi connectivity index (χ1n) is 6.39. The van der Waals surface area contributed by atoms with Gasteiger partial charge in [0.2, 0.25) is 0 Å². The van der Waals surface area contributed by atoms with Crippen LogP contribution in [0, 0.1) is 20.8 Å². The molecule has 1 fully saturated rings. The molecule has 0 aromatic heterocycles. The SMILES string of the molecule is Cc1cc(C)c(N2CC(CCN)NC2=O)c(C)c1. The third-order valence-corrected chi connectivity index (χ3v) is 3.40. The highest BCUT2D eigenvalue weighted by Crippen LogP contribution is 2.28. The summed E-state index contributed by atoms with van der Waals surface area (Å²) in [6.45, 7) is 7.49. The lowest BCUT2D eigenvalue weighted by molar-refractivity contribution is 0.250. The maximum absolute atomic E-state index is 12.0. The number of carbonyl (C=O) groups is 1. The summed E-state index contributed by atoms with van der Waals surface area (Å²) >= 11 is 0. The Bertz CT molecular complexity index is 447. The zero-order chi connectivity index (χ0) is 13.3. The highest BCUT2D eigenvalue weighted by Gasteiger charge is 2.30. The van der Waals surface area contributed by atoms with Crippen LogP contribution >= 0.6 is 0 Å². The van der Waals surface area contributed by atoms with Gasteiger partial charge in [-0.25, -0.2) is 4.79 Å². The molecule has 98 valence electrons. The fourth-order valence-corrected chi connectivity index (χ4v) is 2.76. The smallest absolute Gasteiger partial charge is 0.322 e. The number of amides is 2. The van der Waals surface area contributed by atoms with Gasteiger partial charge in [0.1, 0.15) is 0 Å². The van der Waals surface area contributed by atoms with Crippen molar-refractivity contribution >= 4 is 11.7 Å². The second kappa shape index (κ2) is 4.98. The normalized spacial score (nSPS) is 19.2. The van der Waals surface area contributed by atoms with Crippen molar-refractivity contribution in [3.05, 3.63) is 28.8 Å². The van der Waals surface area contributed by atoms with Crippen LogP contribution in [0.25, 0.3) is 0 Å². The molecule has 4 heteroatoms.